The molecule has 0 radical (unpaired) electrons. The smallest absolute Gasteiger partial charge is 0.123 e. The average molecular weight is 400 g/mol. The van der Waals surface area contributed by atoms with Crippen LogP contribution < -0.4 is 20.1 Å². The van der Waals surface area contributed by atoms with E-state index >= 15 is 0 Å². The van der Waals surface area contributed by atoms with E-state index in [1.54, 1.807) is 20.4 Å². The predicted molar refractivity (Wildman–Crippen MR) is 116 cm³/mol. The number of benzene rings is 2. The standard InChI is InChI=1S/C22H26ClN3O2/c1-22(2,26-13-15-11-17(27-3)6-8-21(15)28-4)14-25-19-9-10-24-20-12-16(23)5-7-18(19)20/h5-12,26H,13-14H2,1-4H3,(H,24,25). The van der Waals surface area contributed by atoms with Crippen molar-refractivity contribution in [2.24, 2.45) is 0 Å². The molecule has 0 aliphatic heterocycles. The van der Waals surface area contributed by atoms with Gasteiger partial charge in [-0.25, -0.2) is 0 Å². The molecule has 28 heavy (non-hydrogen) atoms. The number of pyridine rings is 1. The van der Waals surface area contributed by atoms with Crippen molar-refractivity contribution < 1.29 is 9.47 Å². The Bertz CT molecular complexity index is 960. The van der Waals surface area contributed by atoms with Gasteiger partial charge in [-0.05, 0) is 56.3 Å². The molecule has 2 N–H and O–H groups in total. The van der Waals surface area contributed by atoms with Crippen LogP contribution in [0.4, 0.5) is 5.69 Å². The van der Waals surface area contributed by atoms with Gasteiger partial charge in [-0.3, -0.25) is 4.98 Å². The SMILES string of the molecule is COc1ccc(OC)c(CNC(C)(C)CNc2ccnc3cc(Cl)ccc23)c1. The van der Waals surface area contributed by atoms with E-state index in [4.69, 9.17) is 21.1 Å². The van der Waals surface area contributed by atoms with Gasteiger partial charge in [0.2, 0.25) is 0 Å². The summed E-state index contributed by atoms with van der Waals surface area (Å²) in [4.78, 5) is 4.39. The van der Waals surface area contributed by atoms with E-state index in [1.807, 2.05) is 42.5 Å². The highest BCUT2D eigenvalue weighted by molar-refractivity contribution is 6.31. The Kier molecular flexibility index (Phi) is 6.27. The molecular formula is C22H26ClN3O2. The lowest BCUT2D eigenvalue weighted by Gasteiger charge is -2.28. The van der Waals surface area contributed by atoms with Gasteiger partial charge in [0, 0.05) is 46.5 Å². The Balaban J connectivity index is 1.68. The van der Waals surface area contributed by atoms with Crippen LogP contribution in [0.1, 0.15) is 19.4 Å². The van der Waals surface area contributed by atoms with Crippen molar-refractivity contribution in [1.82, 2.24) is 10.3 Å². The average Bonchev–Trinajstić information content (AvgIpc) is 2.70. The number of nitrogens with one attached hydrogen (secondary N) is 2. The summed E-state index contributed by atoms with van der Waals surface area (Å²) < 4.78 is 10.8. The fourth-order valence-electron chi connectivity index (χ4n) is 3.01. The summed E-state index contributed by atoms with van der Waals surface area (Å²) in [6.07, 6.45) is 1.79. The first-order valence-electron chi connectivity index (χ1n) is 9.16. The van der Waals surface area contributed by atoms with Crippen molar-refractivity contribution in [1.29, 1.82) is 0 Å². The van der Waals surface area contributed by atoms with E-state index in [-0.39, 0.29) is 5.54 Å². The van der Waals surface area contributed by atoms with Gasteiger partial charge in [0.25, 0.3) is 0 Å². The summed E-state index contributed by atoms with van der Waals surface area (Å²) in [6.45, 7) is 5.72. The molecule has 0 aliphatic carbocycles. The van der Waals surface area contributed by atoms with Crippen molar-refractivity contribution in [2.75, 3.05) is 26.1 Å². The zero-order valence-electron chi connectivity index (χ0n) is 16.7. The number of halogens is 1. The van der Waals surface area contributed by atoms with E-state index in [2.05, 4.69) is 29.5 Å². The van der Waals surface area contributed by atoms with Crippen molar-refractivity contribution >= 4 is 28.2 Å². The molecule has 1 aromatic heterocycles. The predicted octanol–water partition coefficient (Wildman–Crippen LogP) is 4.89. The summed E-state index contributed by atoms with van der Waals surface area (Å²) in [5, 5.41) is 8.87. The molecule has 0 atom stereocenters. The molecule has 0 fully saturated rings. The fourth-order valence-corrected chi connectivity index (χ4v) is 3.18. The summed E-state index contributed by atoms with van der Waals surface area (Å²) in [5.41, 5.74) is 2.81. The van der Waals surface area contributed by atoms with Crippen LogP contribution in [0, 0.1) is 0 Å². The Hall–Kier alpha value is -2.50. The zero-order valence-corrected chi connectivity index (χ0v) is 17.4. The van der Waals surface area contributed by atoms with Gasteiger partial charge in [-0.2, -0.15) is 0 Å². The molecule has 0 amide bonds. The summed E-state index contributed by atoms with van der Waals surface area (Å²) in [6, 6.07) is 13.6. The summed E-state index contributed by atoms with van der Waals surface area (Å²) in [5.74, 6) is 1.66. The summed E-state index contributed by atoms with van der Waals surface area (Å²) >= 11 is 6.08. The molecule has 2 aromatic carbocycles. The van der Waals surface area contributed by atoms with Gasteiger partial charge in [-0.1, -0.05) is 11.6 Å². The Labute approximate surface area is 171 Å². The third-order valence-corrected chi connectivity index (χ3v) is 4.91. The molecular weight excluding hydrogens is 374 g/mol. The Morgan fingerprint density at radius 3 is 2.61 bits per heavy atom. The highest BCUT2D eigenvalue weighted by Crippen LogP contribution is 2.26. The van der Waals surface area contributed by atoms with E-state index in [0.717, 1.165) is 40.2 Å². The minimum atomic E-state index is -0.157. The number of methoxy groups -OCH3 is 2. The van der Waals surface area contributed by atoms with Crippen LogP contribution in [0.3, 0.4) is 0 Å². The first-order valence-corrected chi connectivity index (χ1v) is 9.54. The minimum Gasteiger partial charge on any atom is -0.497 e. The quantitative estimate of drug-likeness (QED) is 0.565. The molecule has 0 saturated carbocycles. The molecule has 3 aromatic rings. The van der Waals surface area contributed by atoms with Crippen LogP contribution in [0.25, 0.3) is 10.9 Å². The van der Waals surface area contributed by atoms with E-state index in [0.29, 0.717) is 11.6 Å². The third kappa shape index (κ3) is 4.86. The fraction of sp³-hybridized carbons (Fsp3) is 0.318. The van der Waals surface area contributed by atoms with Crippen molar-refractivity contribution in [3.63, 3.8) is 0 Å². The first kappa shape index (κ1) is 20.2. The number of ether oxygens (including phenoxy) is 2. The van der Waals surface area contributed by atoms with Gasteiger partial charge < -0.3 is 20.1 Å². The highest BCUT2D eigenvalue weighted by atomic mass is 35.5. The van der Waals surface area contributed by atoms with Crippen molar-refractivity contribution in [2.45, 2.75) is 25.9 Å². The van der Waals surface area contributed by atoms with Gasteiger partial charge in [-0.15, -0.1) is 0 Å². The second-order valence-corrected chi connectivity index (χ2v) is 7.73. The van der Waals surface area contributed by atoms with Gasteiger partial charge in [0.15, 0.2) is 0 Å². The molecule has 0 bridgehead atoms. The Morgan fingerprint density at radius 1 is 1.04 bits per heavy atom. The molecule has 6 heteroatoms. The lowest BCUT2D eigenvalue weighted by Crippen LogP contribution is -2.44. The molecule has 1 heterocycles. The lowest BCUT2D eigenvalue weighted by atomic mass is 10.0. The lowest BCUT2D eigenvalue weighted by molar-refractivity contribution is 0.379. The highest BCUT2D eigenvalue weighted by Gasteiger charge is 2.18. The van der Waals surface area contributed by atoms with Crippen LogP contribution in [0.15, 0.2) is 48.7 Å². The zero-order chi connectivity index (χ0) is 20.1. The van der Waals surface area contributed by atoms with Gasteiger partial charge in [0.1, 0.15) is 11.5 Å². The maximum Gasteiger partial charge on any atom is 0.123 e. The maximum absolute atomic E-state index is 6.08. The molecule has 0 saturated heterocycles. The topological polar surface area (TPSA) is 55.4 Å². The number of hydrogen-bond acceptors (Lipinski definition) is 5. The molecule has 3 rings (SSSR count). The van der Waals surface area contributed by atoms with Crippen LogP contribution >= 0.6 is 11.6 Å². The van der Waals surface area contributed by atoms with Crippen LogP contribution in [-0.4, -0.2) is 31.3 Å². The normalized spacial score (nSPS) is 11.5. The van der Waals surface area contributed by atoms with Crippen LogP contribution in [0.5, 0.6) is 11.5 Å². The second-order valence-electron chi connectivity index (χ2n) is 7.29. The molecule has 5 nitrogen and oxygen atoms in total. The molecule has 148 valence electrons. The van der Waals surface area contributed by atoms with Crippen molar-refractivity contribution in [3.05, 3.63) is 59.2 Å². The number of aromatic nitrogens is 1. The largest absolute Gasteiger partial charge is 0.497 e. The number of hydrogen-bond donors (Lipinski definition) is 2. The Morgan fingerprint density at radius 2 is 1.86 bits per heavy atom. The van der Waals surface area contributed by atoms with E-state index in [1.165, 1.54) is 0 Å². The second kappa shape index (κ2) is 8.67. The van der Waals surface area contributed by atoms with Crippen molar-refractivity contribution in [3.8, 4) is 11.5 Å². The van der Waals surface area contributed by atoms with Crippen LogP contribution in [-0.2, 0) is 6.54 Å². The number of nitrogens with zero attached hydrogens (tertiary/aromatic N) is 1. The molecule has 0 unspecified atom stereocenters. The third-order valence-electron chi connectivity index (χ3n) is 4.67. The van der Waals surface area contributed by atoms with E-state index < -0.39 is 0 Å². The molecule has 0 aliphatic rings. The van der Waals surface area contributed by atoms with E-state index in [9.17, 15) is 0 Å². The molecule has 0 spiro atoms. The summed E-state index contributed by atoms with van der Waals surface area (Å²) in [7, 11) is 3.35. The number of fused-ring (bicyclic) bond motifs is 1. The monoisotopic (exact) mass is 399 g/mol. The minimum absolute atomic E-state index is 0.157. The van der Waals surface area contributed by atoms with Gasteiger partial charge >= 0.3 is 0 Å². The number of anilines is 1. The number of rotatable bonds is 8. The first-order chi connectivity index (χ1) is 13.4. The van der Waals surface area contributed by atoms with Gasteiger partial charge in [0.05, 0.1) is 19.7 Å². The van der Waals surface area contributed by atoms with Crippen LogP contribution in [0.2, 0.25) is 5.02 Å². The maximum atomic E-state index is 6.08.